The van der Waals surface area contributed by atoms with Crippen LogP contribution in [0.3, 0.4) is 0 Å². The maximum absolute atomic E-state index is 11.7. The first-order valence-electron chi connectivity index (χ1n) is 14.0. The SMILES string of the molecule is C=C(C)CCOC(=O)CCC(=O)OCCCCCCCCCCCCCCCCCCCC. The molecule has 0 aliphatic carbocycles. The van der Waals surface area contributed by atoms with Crippen LogP contribution < -0.4 is 0 Å². The largest absolute Gasteiger partial charge is 0.466 e. The summed E-state index contributed by atoms with van der Waals surface area (Å²) in [5.74, 6) is -0.653. The Bertz CT molecular complexity index is 472. The number of hydrogen-bond donors (Lipinski definition) is 0. The second kappa shape index (κ2) is 25.3. The van der Waals surface area contributed by atoms with Crippen LogP contribution in [0.15, 0.2) is 12.2 Å². The van der Waals surface area contributed by atoms with Gasteiger partial charge in [0.1, 0.15) is 0 Å². The summed E-state index contributed by atoms with van der Waals surface area (Å²) in [6.45, 7) is 8.73. The van der Waals surface area contributed by atoms with Gasteiger partial charge in [-0.3, -0.25) is 9.59 Å². The number of hydrogen-bond acceptors (Lipinski definition) is 4. The lowest BCUT2D eigenvalue weighted by Crippen LogP contribution is -2.11. The minimum Gasteiger partial charge on any atom is -0.466 e. The third kappa shape index (κ3) is 26.8. The van der Waals surface area contributed by atoms with Gasteiger partial charge in [-0.15, -0.1) is 6.58 Å². The summed E-state index contributed by atoms with van der Waals surface area (Å²) in [4.78, 5) is 23.2. The fourth-order valence-corrected chi connectivity index (χ4v) is 3.88. The molecule has 0 bridgehead atoms. The van der Waals surface area contributed by atoms with Crippen LogP contribution in [0.4, 0.5) is 0 Å². The van der Waals surface area contributed by atoms with Crippen molar-refractivity contribution in [3.05, 3.63) is 12.2 Å². The molecule has 4 heteroatoms. The zero-order valence-corrected chi connectivity index (χ0v) is 22.1. The topological polar surface area (TPSA) is 52.6 Å². The lowest BCUT2D eigenvalue weighted by Gasteiger charge is -2.06. The van der Waals surface area contributed by atoms with Crippen LogP contribution in [0.1, 0.15) is 149 Å². The Balaban J connectivity index is 3.22. The molecular weight excluding hydrogens is 412 g/mol. The van der Waals surface area contributed by atoms with Gasteiger partial charge in [0, 0.05) is 6.42 Å². The third-order valence-corrected chi connectivity index (χ3v) is 6.09. The van der Waals surface area contributed by atoms with Crippen molar-refractivity contribution in [2.24, 2.45) is 0 Å². The van der Waals surface area contributed by atoms with Gasteiger partial charge < -0.3 is 9.47 Å². The standard InChI is InChI=1S/C29H54O4/c1-4-5-6-7-8-9-10-11-12-13-14-15-16-17-18-19-20-21-25-32-28(30)22-23-29(31)33-26-24-27(2)3/h2,4-26H2,1,3H3. The van der Waals surface area contributed by atoms with E-state index < -0.39 is 0 Å². The van der Waals surface area contributed by atoms with Crippen LogP contribution in [-0.2, 0) is 19.1 Å². The van der Waals surface area contributed by atoms with Crippen molar-refractivity contribution in [3.8, 4) is 0 Å². The number of unbranched alkanes of at least 4 members (excludes halogenated alkanes) is 17. The molecule has 0 saturated heterocycles. The number of ether oxygens (including phenoxy) is 2. The first-order valence-corrected chi connectivity index (χ1v) is 14.0. The highest BCUT2D eigenvalue weighted by molar-refractivity contribution is 5.77. The molecule has 0 aromatic heterocycles. The maximum atomic E-state index is 11.7. The lowest BCUT2D eigenvalue weighted by atomic mass is 10.0. The molecule has 0 amide bonds. The van der Waals surface area contributed by atoms with Gasteiger partial charge >= 0.3 is 11.9 Å². The Hall–Kier alpha value is -1.32. The quantitative estimate of drug-likeness (QED) is 0.0765. The van der Waals surface area contributed by atoms with Gasteiger partial charge in [-0.2, -0.15) is 0 Å². The molecule has 0 aromatic rings. The van der Waals surface area contributed by atoms with Crippen molar-refractivity contribution < 1.29 is 19.1 Å². The summed E-state index contributed by atoms with van der Waals surface area (Å²) in [6, 6.07) is 0. The molecule has 194 valence electrons. The highest BCUT2D eigenvalue weighted by Crippen LogP contribution is 2.14. The molecule has 0 aromatic carbocycles. The Morgan fingerprint density at radius 3 is 1.21 bits per heavy atom. The van der Waals surface area contributed by atoms with Gasteiger partial charge in [-0.25, -0.2) is 0 Å². The highest BCUT2D eigenvalue weighted by atomic mass is 16.5. The third-order valence-electron chi connectivity index (χ3n) is 6.09. The van der Waals surface area contributed by atoms with E-state index in [1.54, 1.807) is 0 Å². The highest BCUT2D eigenvalue weighted by Gasteiger charge is 2.09. The Kier molecular flexibility index (Phi) is 24.3. The molecule has 4 nitrogen and oxygen atoms in total. The van der Waals surface area contributed by atoms with Crippen molar-refractivity contribution in [1.29, 1.82) is 0 Å². The van der Waals surface area contributed by atoms with Crippen LogP contribution in [-0.4, -0.2) is 25.2 Å². The predicted octanol–water partition coefficient (Wildman–Crippen LogP) is 8.86. The average molecular weight is 467 g/mol. The molecule has 0 fully saturated rings. The van der Waals surface area contributed by atoms with Crippen LogP contribution in [0.25, 0.3) is 0 Å². The molecule has 0 radical (unpaired) electrons. The summed E-state index contributed by atoms with van der Waals surface area (Å²) in [7, 11) is 0. The molecular formula is C29H54O4. The summed E-state index contributed by atoms with van der Waals surface area (Å²) in [5, 5.41) is 0. The normalized spacial score (nSPS) is 10.8. The van der Waals surface area contributed by atoms with Crippen molar-refractivity contribution in [3.63, 3.8) is 0 Å². The molecule has 0 saturated carbocycles. The fraction of sp³-hybridized carbons (Fsp3) is 0.862. The number of carbonyl (C=O) groups is 2. The number of rotatable bonds is 25. The monoisotopic (exact) mass is 466 g/mol. The zero-order chi connectivity index (χ0) is 24.4. The molecule has 0 aliphatic rings. The molecule has 0 atom stereocenters. The predicted molar refractivity (Wildman–Crippen MR) is 139 cm³/mol. The van der Waals surface area contributed by atoms with E-state index in [1.807, 2.05) is 6.92 Å². The van der Waals surface area contributed by atoms with E-state index in [0.29, 0.717) is 19.6 Å². The maximum Gasteiger partial charge on any atom is 0.306 e. The van der Waals surface area contributed by atoms with E-state index in [1.165, 1.54) is 103 Å². The van der Waals surface area contributed by atoms with Crippen molar-refractivity contribution in [2.45, 2.75) is 149 Å². The van der Waals surface area contributed by atoms with E-state index in [0.717, 1.165) is 18.4 Å². The van der Waals surface area contributed by atoms with Gasteiger partial charge in [0.15, 0.2) is 0 Å². The van der Waals surface area contributed by atoms with E-state index in [9.17, 15) is 9.59 Å². The van der Waals surface area contributed by atoms with Crippen molar-refractivity contribution in [2.75, 3.05) is 13.2 Å². The first-order chi connectivity index (χ1) is 16.1. The van der Waals surface area contributed by atoms with E-state index in [2.05, 4.69) is 13.5 Å². The van der Waals surface area contributed by atoms with E-state index in [4.69, 9.17) is 9.47 Å². The summed E-state index contributed by atoms with van der Waals surface area (Å²) < 4.78 is 10.2. The van der Waals surface area contributed by atoms with E-state index in [-0.39, 0.29) is 24.8 Å². The molecule has 0 rings (SSSR count). The van der Waals surface area contributed by atoms with E-state index >= 15 is 0 Å². The molecule has 0 aliphatic heterocycles. The van der Waals surface area contributed by atoms with Crippen molar-refractivity contribution >= 4 is 11.9 Å². The average Bonchev–Trinajstić information content (AvgIpc) is 2.79. The number of esters is 2. The van der Waals surface area contributed by atoms with Crippen LogP contribution in [0.2, 0.25) is 0 Å². The van der Waals surface area contributed by atoms with Crippen molar-refractivity contribution in [1.82, 2.24) is 0 Å². The summed E-state index contributed by atoms with van der Waals surface area (Å²) >= 11 is 0. The van der Waals surface area contributed by atoms with Gasteiger partial charge in [-0.1, -0.05) is 122 Å². The van der Waals surface area contributed by atoms with Crippen LogP contribution >= 0.6 is 0 Å². The van der Waals surface area contributed by atoms with Crippen LogP contribution in [0.5, 0.6) is 0 Å². The van der Waals surface area contributed by atoms with Gasteiger partial charge in [0.25, 0.3) is 0 Å². The smallest absolute Gasteiger partial charge is 0.306 e. The second-order valence-electron chi connectivity index (χ2n) is 9.66. The lowest BCUT2D eigenvalue weighted by molar-refractivity contribution is -0.150. The van der Waals surface area contributed by atoms with Gasteiger partial charge in [0.2, 0.25) is 0 Å². The molecule has 33 heavy (non-hydrogen) atoms. The fourth-order valence-electron chi connectivity index (χ4n) is 3.88. The molecule has 0 unspecified atom stereocenters. The van der Waals surface area contributed by atoms with Gasteiger partial charge in [0.05, 0.1) is 26.1 Å². The Labute approximate surface area is 205 Å². The zero-order valence-electron chi connectivity index (χ0n) is 22.1. The Morgan fingerprint density at radius 1 is 0.515 bits per heavy atom. The first kappa shape index (κ1) is 31.7. The van der Waals surface area contributed by atoms with Crippen LogP contribution in [0, 0.1) is 0 Å². The summed E-state index contributed by atoms with van der Waals surface area (Å²) in [5.41, 5.74) is 0.978. The minimum absolute atomic E-state index is 0.0914. The second-order valence-corrected chi connectivity index (χ2v) is 9.66. The molecule has 0 spiro atoms. The minimum atomic E-state index is -0.346. The van der Waals surface area contributed by atoms with Gasteiger partial charge in [-0.05, 0) is 13.3 Å². The molecule has 0 N–H and O–H groups in total. The Morgan fingerprint density at radius 2 is 0.848 bits per heavy atom. The summed E-state index contributed by atoms with van der Waals surface area (Å²) in [6.07, 6.45) is 25.0. The molecule has 0 heterocycles. The number of carbonyl (C=O) groups excluding carboxylic acids is 2.